The summed E-state index contributed by atoms with van der Waals surface area (Å²) in [5.74, 6) is 1.04. The molecule has 0 N–H and O–H groups in total. The third-order valence-electron chi connectivity index (χ3n) is 6.19. The number of rotatable bonds is 4. The first-order chi connectivity index (χ1) is 15.6. The molecule has 1 aliphatic rings. The second-order valence-corrected chi connectivity index (χ2v) is 8.73. The molecule has 33 heavy (non-hydrogen) atoms. The van der Waals surface area contributed by atoms with E-state index >= 15 is 0 Å². The lowest BCUT2D eigenvalue weighted by Crippen LogP contribution is -2.18. The SMILES string of the molecule is CB(F)n1c(C)cc(C)c1/C(C)=C1\N=C(C)C(c2ccc(-c3nnc(C)nn3)cc2C)=C1C. The smallest absolute Gasteiger partial charge is 0.360 e. The van der Waals surface area contributed by atoms with E-state index in [4.69, 9.17) is 4.99 Å². The van der Waals surface area contributed by atoms with Gasteiger partial charge in [0.2, 0.25) is 5.82 Å². The third-order valence-corrected chi connectivity index (χ3v) is 6.19. The first-order valence-electron chi connectivity index (χ1n) is 11.1. The Kier molecular flexibility index (Phi) is 5.86. The fourth-order valence-corrected chi connectivity index (χ4v) is 4.80. The number of nitrogens with zero attached hydrogens (tertiary/aromatic N) is 6. The van der Waals surface area contributed by atoms with Crippen molar-refractivity contribution in [3.63, 3.8) is 0 Å². The predicted molar refractivity (Wildman–Crippen MR) is 133 cm³/mol. The summed E-state index contributed by atoms with van der Waals surface area (Å²) in [7, 11) is -1.11. The average Bonchev–Trinajstić information content (AvgIpc) is 3.22. The molecule has 0 unspecified atom stereocenters. The Hall–Kier alpha value is -3.42. The van der Waals surface area contributed by atoms with Gasteiger partial charge < -0.3 is 8.79 Å². The fourth-order valence-electron chi connectivity index (χ4n) is 4.80. The van der Waals surface area contributed by atoms with Gasteiger partial charge in [0.05, 0.1) is 5.70 Å². The molecule has 4 rings (SSSR count). The number of hydrogen-bond donors (Lipinski definition) is 0. The number of benzene rings is 1. The van der Waals surface area contributed by atoms with Crippen LogP contribution in [0.25, 0.3) is 22.5 Å². The topological polar surface area (TPSA) is 68.8 Å². The van der Waals surface area contributed by atoms with Crippen LogP contribution in [0.5, 0.6) is 0 Å². The van der Waals surface area contributed by atoms with E-state index in [0.29, 0.717) is 11.6 Å². The van der Waals surface area contributed by atoms with Crippen molar-refractivity contribution >= 4 is 24.0 Å². The van der Waals surface area contributed by atoms with Crippen LogP contribution in [0.4, 0.5) is 4.32 Å². The molecule has 0 aliphatic carbocycles. The van der Waals surface area contributed by atoms with Crippen molar-refractivity contribution in [2.45, 2.75) is 55.3 Å². The lowest BCUT2D eigenvalue weighted by atomic mass is 9.89. The molecule has 0 spiro atoms. The summed E-state index contributed by atoms with van der Waals surface area (Å²) < 4.78 is 16.2. The highest BCUT2D eigenvalue weighted by Crippen LogP contribution is 2.39. The lowest BCUT2D eigenvalue weighted by Gasteiger charge is -2.15. The van der Waals surface area contributed by atoms with E-state index in [1.54, 1.807) is 18.2 Å². The van der Waals surface area contributed by atoms with E-state index in [9.17, 15) is 4.32 Å². The zero-order chi connectivity index (χ0) is 24.0. The molecule has 0 saturated heterocycles. The largest absolute Gasteiger partial charge is 0.462 e. The highest BCUT2D eigenvalue weighted by atomic mass is 19.1. The normalized spacial score (nSPS) is 15.2. The molecule has 8 heteroatoms. The highest BCUT2D eigenvalue weighted by Gasteiger charge is 2.26. The van der Waals surface area contributed by atoms with E-state index < -0.39 is 7.12 Å². The second-order valence-electron chi connectivity index (χ2n) is 8.73. The Morgan fingerprint density at radius 2 is 1.58 bits per heavy atom. The van der Waals surface area contributed by atoms with Crippen LogP contribution in [-0.2, 0) is 0 Å². The van der Waals surface area contributed by atoms with Gasteiger partial charge in [-0.05, 0) is 95.3 Å². The van der Waals surface area contributed by atoms with E-state index in [1.807, 2.05) is 39.8 Å². The Morgan fingerprint density at radius 3 is 2.18 bits per heavy atom. The number of hydrogen-bond acceptors (Lipinski definition) is 5. The Morgan fingerprint density at radius 1 is 0.909 bits per heavy atom. The monoisotopic (exact) mass is 442 g/mol. The molecule has 0 amide bonds. The molecule has 0 saturated carbocycles. The quantitative estimate of drug-likeness (QED) is 0.495. The molecule has 6 nitrogen and oxygen atoms in total. The molecular formula is C25H28BFN6. The molecule has 2 aromatic heterocycles. The Bertz CT molecular complexity index is 1350. The van der Waals surface area contributed by atoms with Crippen molar-refractivity contribution in [2.75, 3.05) is 0 Å². The molecule has 0 bridgehead atoms. The number of allylic oxidation sites excluding steroid dienone is 3. The van der Waals surface area contributed by atoms with Crippen LogP contribution in [-0.4, -0.2) is 37.7 Å². The number of halogens is 1. The number of aromatic nitrogens is 5. The number of aryl methyl sites for hydroxylation is 4. The summed E-state index contributed by atoms with van der Waals surface area (Å²) in [5.41, 5.74) is 11.0. The van der Waals surface area contributed by atoms with E-state index in [2.05, 4.69) is 46.4 Å². The summed E-state index contributed by atoms with van der Waals surface area (Å²) in [6.07, 6.45) is 0. The maximum atomic E-state index is 14.5. The molecular weight excluding hydrogens is 414 g/mol. The summed E-state index contributed by atoms with van der Waals surface area (Å²) in [5, 5.41) is 16.3. The van der Waals surface area contributed by atoms with Crippen LogP contribution in [0, 0.1) is 27.7 Å². The van der Waals surface area contributed by atoms with Crippen LogP contribution in [0.2, 0.25) is 6.82 Å². The molecule has 0 fully saturated rings. The van der Waals surface area contributed by atoms with Gasteiger partial charge in [-0.1, -0.05) is 12.1 Å². The van der Waals surface area contributed by atoms with Crippen LogP contribution < -0.4 is 0 Å². The Labute approximate surface area is 194 Å². The molecule has 3 heterocycles. The third kappa shape index (κ3) is 3.94. The second kappa shape index (κ2) is 8.50. The van der Waals surface area contributed by atoms with Gasteiger partial charge in [0.1, 0.15) is 0 Å². The first-order valence-corrected chi connectivity index (χ1v) is 11.1. The van der Waals surface area contributed by atoms with Gasteiger partial charge in [0.25, 0.3) is 0 Å². The van der Waals surface area contributed by atoms with Gasteiger partial charge in [-0.3, -0.25) is 4.99 Å². The van der Waals surface area contributed by atoms with Gasteiger partial charge in [0.15, 0.2) is 5.82 Å². The Balaban J connectivity index is 1.82. The zero-order valence-electron chi connectivity index (χ0n) is 20.4. The van der Waals surface area contributed by atoms with Crippen molar-refractivity contribution in [1.29, 1.82) is 0 Å². The maximum absolute atomic E-state index is 14.5. The summed E-state index contributed by atoms with van der Waals surface area (Å²) in [4.78, 5) is 4.93. The zero-order valence-corrected chi connectivity index (χ0v) is 20.4. The van der Waals surface area contributed by atoms with E-state index in [0.717, 1.165) is 61.8 Å². The van der Waals surface area contributed by atoms with Crippen molar-refractivity contribution in [3.8, 4) is 11.4 Å². The van der Waals surface area contributed by atoms with Crippen molar-refractivity contribution in [1.82, 2.24) is 24.9 Å². The van der Waals surface area contributed by atoms with E-state index in [1.165, 1.54) is 0 Å². The van der Waals surface area contributed by atoms with Crippen LogP contribution in [0.3, 0.4) is 0 Å². The lowest BCUT2D eigenvalue weighted by molar-refractivity contribution is 0.788. The molecule has 1 aromatic carbocycles. The first kappa shape index (κ1) is 22.8. The van der Waals surface area contributed by atoms with Crippen molar-refractivity contribution in [3.05, 3.63) is 69.4 Å². The van der Waals surface area contributed by atoms with Gasteiger partial charge >= 0.3 is 7.12 Å². The fraction of sp³-hybridized carbons (Fsp3) is 0.320. The molecule has 3 aromatic rings. The minimum absolute atomic E-state index is 0.501. The van der Waals surface area contributed by atoms with Gasteiger partial charge in [-0.2, -0.15) is 0 Å². The van der Waals surface area contributed by atoms with Crippen LogP contribution >= 0.6 is 0 Å². The average molecular weight is 442 g/mol. The minimum atomic E-state index is -1.11. The van der Waals surface area contributed by atoms with Crippen molar-refractivity contribution < 1.29 is 4.32 Å². The molecule has 1 aliphatic heterocycles. The molecule has 0 radical (unpaired) electrons. The minimum Gasteiger partial charge on any atom is -0.360 e. The molecule has 168 valence electrons. The number of aliphatic imine (C=N–C) groups is 1. The summed E-state index contributed by atoms with van der Waals surface area (Å²) in [6.45, 7) is 15.5. The van der Waals surface area contributed by atoms with Gasteiger partial charge in [-0.15, -0.1) is 20.4 Å². The van der Waals surface area contributed by atoms with Gasteiger partial charge in [0, 0.05) is 28.2 Å². The highest BCUT2D eigenvalue weighted by molar-refractivity contribution is 6.48. The van der Waals surface area contributed by atoms with E-state index in [-0.39, 0.29) is 0 Å². The summed E-state index contributed by atoms with van der Waals surface area (Å²) >= 11 is 0. The maximum Gasteiger partial charge on any atom is 0.462 e. The van der Waals surface area contributed by atoms with Crippen molar-refractivity contribution in [2.24, 2.45) is 4.99 Å². The summed E-state index contributed by atoms with van der Waals surface area (Å²) in [6, 6.07) is 8.14. The van der Waals surface area contributed by atoms with Gasteiger partial charge in [-0.25, -0.2) is 0 Å². The van der Waals surface area contributed by atoms with Crippen LogP contribution in [0.15, 0.2) is 40.5 Å². The molecule has 0 atom stereocenters. The standard InChI is InChI=1S/C25H28BFN6/c1-13-12-20(25-31-29-19(7)30-32-25)9-10-21(13)22-16(4)23(28-18(22)6)17(5)24-14(2)11-15(3)33(24)26(8)27/h9-12H,1-8H3/b23-17-. The van der Waals surface area contributed by atoms with Crippen LogP contribution in [0.1, 0.15) is 54.7 Å². The predicted octanol–water partition coefficient (Wildman–Crippen LogP) is 5.58.